The molecule has 1 amide bonds. The molecule has 1 aromatic carbocycles. The Morgan fingerprint density at radius 2 is 2.12 bits per heavy atom. The molecule has 2 atom stereocenters. The molecule has 2 aromatic rings. The molecule has 1 aliphatic heterocycles. The van der Waals surface area contributed by atoms with Crippen molar-refractivity contribution >= 4 is 28.8 Å². The standard InChI is InChI=1S/C25H33ClN2O4S/c1-4-12-31-16-20(29)14-27(18(2)3)15-25(30)28-11-9-24-22(10-13-33-24)23(28)17-32-21-7-5-19(26)6-8-21/h4-8,10,13,18,20,23,29H,1,9,11-12,14-17H2,2-3H3/t20-,23-/m1/s1. The molecule has 1 N–H and O–H groups in total. The Morgan fingerprint density at radius 1 is 1.36 bits per heavy atom. The largest absolute Gasteiger partial charge is 0.491 e. The maximum Gasteiger partial charge on any atom is 0.237 e. The number of hydrogen-bond acceptors (Lipinski definition) is 6. The second-order valence-corrected chi connectivity index (χ2v) is 9.86. The molecule has 0 spiro atoms. The van der Waals surface area contributed by atoms with Crippen LogP contribution in [0.3, 0.4) is 0 Å². The number of thiophene rings is 1. The Hall–Kier alpha value is -1.90. The number of amides is 1. The first-order chi connectivity index (χ1) is 15.9. The molecule has 0 fully saturated rings. The molecule has 8 heteroatoms. The van der Waals surface area contributed by atoms with Crippen LogP contribution in [-0.2, 0) is 16.0 Å². The first-order valence-electron chi connectivity index (χ1n) is 11.2. The monoisotopic (exact) mass is 492 g/mol. The van der Waals surface area contributed by atoms with Crippen molar-refractivity contribution < 1.29 is 19.4 Å². The van der Waals surface area contributed by atoms with E-state index in [9.17, 15) is 9.90 Å². The topological polar surface area (TPSA) is 62.2 Å². The molecular weight excluding hydrogens is 460 g/mol. The summed E-state index contributed by atoms with van der Waals surface area (Å²) in [7, 11) is 0. The van der Waals surface area contributed by atoms with Gasteiger partial charge in [0.15, 0.2) is 0 Å². The van der Waals surface area contributed by atoms with Crippen LogP contribution < -0.4 is 4.74 Å². The second kappa shape index (κ2) is 12.5. The van der Waals surface area contributed by atoms with Crippen molar-refractivity contribution in [3.63, 3.8) is 0 Å². The molecule has 0 saturated heterocycles. The average Bonchev–Trinajstić information content (AvgIpc) is 3.27. The normalized spacial score (nSPS) is 16.7. The zero-order valence-corrected chi connectivity index (χ0v) is 20.9. The Balaban J connectivity index is 1.67. The van der Waals surface area contributed by atoms with E-state index in [1.165, 1.54) is 4.88 Å². The summed E-state index contributed by atoms with van der Waals surface area (Å²) in [6.45, 7) is 9.89. The van der Waals surface area contributed by atoms with E-state index in [1.54, 1.807) is 29.5 Å². The summed E-state index contributed by atoms with van der Waals surface area (Å²) >= 11 is 7.71. The van der Waals surface area contributed by atoms with Crippen molar-refractivity contribution in [3.05, 3.63) is 63.8 Å². The number of rotatable bonds is 12. The molecule has 1 aromatic heterocycles. The molecule has 33 heavy (non-hydrogen) atoms. The molecule has 0 saturated carbocycles. The smallest absolute Gasteiger partial charge is 0.237 e. The third kappa shape index (κ3) is 7.29. The number of aliphatic hydroxyl groups is 1. The minimum absolute atomic E-state index is 0.0319. The zero-order chi connectivity index (χ0) is 23.8. The summed E-state index contributed by atoms with van der Waals surface area (Å²) in [6, 6.07) is 9.30. The predicted molar refractivity (Wildman–Crippen MR) is 133 cm³/mol. The van der Waals surface area contributed by atoms with Gasteiger partial charge in [-0.2, -0.15) is 0 Å². The highest BCUT2D eigenvalue weighted by Gasteiger charge is 2.33. The SMILES string of the molecule is C=CCOC[C@H](O)CN(CC(=O)N1CCc2sccc2[C@H]1COc1ccc(Cl)cc1)C(C)C. The van der Waals surface area contributed by atoms with Gasteiger partial charge in [-0.05, 0) is 61.5 Å². The van der Waals surface area contributed by atoms with Crippen LogP contribution in [0.5, 0.6) is 5.75 Å². The molecule has 180 valence electrons. The van der Waals surface area contributed by atoms with Crippen LogP contribution in [0.1, 0.15) is 30.3 Å². The molecule has 0 aliphatic carbocycles. The number of nitrogens with zero attached hydrogens (tertiary/aromatic N) is 2. The first kappa shape index (κ1) is 25.7. The van der Waals surface area contributed by atoms with Gasteiger partial charge in [0, 0.05) is 29.0 Å². The third-order valence-electron chi connectivity index (χ3n) is 5.70. The number of fused-ring (bicyclic) bond motifs is 1. The van der Waals surface area contributed by atoms with Crippen LogP contribution in [0, 0.1) is 0 Å². The maximum atomic E-state index is 13.4. The van der Waals surface area contributed by atoms with Gasteiger partial charge in [-0.25, -0.2) is 0 Å². The Bertz CT molecular complexity index is 902. The van der Waals surface area contributed by atoms with Crippen LogP contribution in [-0.4, -0.2) is 72.4 Å². The highest BCUT2D eigenvalue weighted by atomic mass is 35.5. The van der Waals surface area contributed by atoms with Gasteiger partial charge in [0.1, 0.15) is 12.4 Å². The van der Waals surface area contributed by atoms with Crippen LogP contribution in [0.4, 0.5) is 0 Å². The van der Waals surface area contributed by atoms with Gasteiger partial charge in [0.2, 0.25) is 5.91 Å². The van der Waals surface area contributed by atoms with E-state index in [0.717, 1.165) is 17.7 Å². The van der Waals surface area contributed by atoms with E-state index in [1.807, 2.05) is 35.8 Å². The first-order valence-corrected chi connectivity index (χ1v) is 12.5. The van der Waals surface area contributed by atoms with Crippen molar-refractivity contribution in [1.82, 2.24) is 9.80 Å². The van der Waals surface area contributed by atoms with E-state index in [2.05, 4.69) is 18.0 Å². The van der Waals surface area contributed by atoms with E-state index in [4.69, 9.17) is 21.1 Å². The second-order valence-electron chi connectivity index (χ2n) is 8.42. The molecule has 2 heterocycles. The summed E-state index contributed by atoms with van der Waals surface area (Å²) in [4.78, 5) is 18.7. The van der Waals surface area contributed by atoms with Crippen molar-refractivity contribution in [1.29, 1.82) is 0 Å². The van der Waals surface area contributed by atoms with Crippen LogP contribution in [0.25, 0.3) is 0 Å². The fraction of sp³-hybridized carbons (Fsp3) is 0.480. The summed E-state index contributed by atoms with van der Waals surface area (Å²) in [6.07, 6.45) is 1.82. The number of halogens is 1. The highest BCUT2D eigenvalue weighted by Crippen LogP contribution is 2.34. The van der Waals surface area contributed by atoms with E-state index in [-0.39, 0.29) is 31.1 Å². The van der Waals surface area contributed by atoms with Crippen molar-refractivity contribution in [2.24, 2.45) is 0 Å². The lowest BCUT2D eigenvalue weighted by Crippen LogP contribution is -2.49. The van der Waals surface area contributed by atoms with Gasteiger partial charge in [0.05, 0.1) is 31.9 Å². The number of ether oxygens (including phenoxy) is 2. The fourth-order valence-electron chi connectivity index (χ4n) is 3.91. The van der Waals surface area contributed by atoms with Gasteiger partial charge in [-0.15, -0.1) is 17.9 Å². The van der Waals surface area contributed by atoms with Gasteiger partial charge in [0.25, 0.3) is 0 Å². The van der Waals surface area contributed by atoms with Crippen LogP contribution in [0.2, 0.25) is 5.02 Å². The maximum absolute atomic E-state index is 13.4. The van der Waals surface area contributed by atoms with Gasteiger partial charge in [-0.1, -0.05) is 17.7 Å². The summed E-state index contributed by atoms with van der Waals surface area (Å²) < 4.78 is 11.4. The van der Waals surface area contributed by atoms with Gasteiger partial charge >= 0.3 is 0 Å². The van der Waals surface area contributed by atoms with Crippen molar-refractivity contribution in [3.8, 4) is 5.75 Å². The van der Waals surface area contributed by atoms with E-state index < -0.39 is 6.10 Å². The molecule has 0 bridgehead atoms. The lowest BCUT2D eigenvalue weighted by atomic mass is 10.00. The van der Waals surface area contributed by atoms with Gasteiger partial charge < -0.3 is 19.5 Å². The number of aliphatic hydroxyl groups excluding tert-OH is 1. The van der Waals surface area contributed by atoms with Crippen molar-refractivity contribution in [2.45, 2.75) is 38.5 Å². The predicted octanol–water partition coefficient (Wildman–Crippen LogP) is 4.18. The lowest BCUT2D eigenvalue weighted by molar-refractivity contribution is -0.137. The van der Waals surface area contributed by atoms with E-state index in [0.29, 0.717) is 31.3 Å². The number of carbonyl (C=O) groups excluding carboxylic acids is 1. The van der Waals surface area contributed by atoms with E-state index >= 15 is 0 Å². The molecular formula is C25H33ClN2O4S. The third-order valence-corrected chi connectivity index (χ3v) is 6.95. The molecule has 1 aliphatic rings. The number of benzene rings is 1. The minimum Gasteiger partial charge on any atom is -0.491 e. The highest BCUT2D eigenvalue weighted by molar-refractivity contribution is 7.10. The van der Waals surface area contributed by atoms with Gasteiger partial charge in [-0.3, -0.25) is 9.69 Å². The minimum atomic E-state index is -0.672. The lowest BCUT2D eigenvalue weighted by Gasteiger charge is -2.38. The Kier molecular flexibility index (Phi) is 9.77. The summed E-state index contributed by atoms with van der Waals surface area (Å²) in [5.74, 6) is 0.755. The Morgan fingerprint density at radius 3 is 2.82 bits per heavy atom. The molecule has 0 radical (unpaired) electrons. The molecule has 3 rings (SSSR count). The molecule has 6 nitrogen and oxygen atoms in total. The average molecular weight is 493 g/mol. The number of hydrogen-bond donors (Lipinski definition) is 1. The van der Waals surface area contributed by atoms with Crippen LogP contribution in [0.15, 0.2) is 48.4 Å². The quantitative estimate of drug-likeness (QED) is 0.356. The van der Waals surface area contributed by atoms with Crippen LogP contribution >= 0.6 is 22.9 Å². The summed E-state index contributed by atoms with van der Waals surface area (Å²) in [5, 5.41) is 13.1. The fourth-order valence-corrected chi connectivity index (χ4v) is 4.97. The van der Waals surface area contributed by atoms with Crippen molar-refractivity contribution in [2.75, 3.05) is 39.5 Å². The zero-order valence-electron chi connectivity index (χ0n) is 19.3. The molecule has 0 unspecified atom stereocenters. The Labute approximate surface area is 205 Å². The number of carbonyl (C=O) groups is 1. The summed E-state index contributed by atoms with van der Waals surface area (Å²) in [5.41, 5.74) is 1.16.